The topological polar surface area (TPSA) is 83.2 Å². The van der Waals surface area contributed by atoms with Crippen LogP contribution in [0.2, 0.25) is 0 Å². The third-order valence-electron chi connectivity index (χ3n) is 1.60. The molecule has 0 bridgehead atoms. The fourth-order valence-electron chi connectivity index (χ4n) is 0.909. The maximum absolute atomic E-state index is 5.49. The van der Waals surface area contributed by atoms with E-state index in [0.717, 1.165) is 12.8 Å². The summed E-state index contributed by atoms with van der Waals surface area (Å²) in [7, 11) is 0. The molecule has 16 heavy (non-hydrogen) atoms. The van der Waals surface area contributed by atoms with Gasteiger partial charge in [-0.25, -0.2) is 0 Å². The minimum Gasteiger partial charge on any atom is -0.463 e. The van der Waals surface area contributed by atoms with Gasteiger partial charge in [-0.3, -0.25) is 0 Å². The second-order valence-electron chi connectivity index (χ2n) is 3.03. The van der Waals surface area contributed by atoms with Crippen molar-refractivity contribution < 1.29 is 9.47 Å². The number of rotatable bonds is 7. The van der Waals surface area contributed by atoms with E-state index in [1.54, 1.807) is 6.08 Å². The normalized spacial score (nSPS) is 9.81. The fraction of sp³-hybridized carbons (Fsp3) is 0.500. The third-order valence-corrected chi connectivity index (χ3v) is 1.60. The third kappa shape index (κ3) is 4.12. The molecule has 88 valence electrons. The first kappa shape index (κ1) is 12.2. The predicted molar refractivity (Wildman–Crippen MR) is 60.3 cm³/mol. The second kappa shape index (κ2) is 6.60. The van der Waals surface area contributed by atoms with Gasteiger partial charge in [0.1, 0.15) is 0 Å². The molecule has 0 radical (unpaired) electrons. The molecule has 0 aliphatic rings. The first-order valence-electron chi connectivity index (χ1n) is 5.14. The molecule has 1 aromatic heterocycles. The van der Waals surface area contributed by atoms with Gasteiger partial charge in [0.05, 0.1) is 13.2 Å². The van der Waals surface area contributed by atoms with E-state index in [1.807, 2.05) is 6.92 Å². The van der Waals surface area contributed by atoms with Gasteiger partial charge in [0.25, 0.3) is 0 Å². The molecule has 1 rings (SSSR count). The Bertz CT molecular complexity index is 344. The van der Waals surface area contributed by atoms with E-state index >= 15 is 0 Å². The molecule has 0 fully saturated rings. The van der Waals surface area contributed by atoms with Crippen molar-refractivity contribution >= 4 is 5.95 Å². The molecule has 1 heterocycles. The molecule has 0 aliphatic carbocycles. The van der Waals surface area contributed by atoms with Crippen LogP contribution in [0.25, 0.3) is 0 Å². The summed E-state index contributed by atoms with van der Waals surface area (Å²) >= 11 is 0. The standard InChI is InChI=1S/C10H16N4O2/c1-3-5-7-16-10-13-8(11)12-9(14-10)15-6-4-2/h3H,1,4-7H2,2H3,(H2,11,12,13,14). The number of nitrogen functional groups attached to an aromatic ring is 1. The van der Waals surface area contributed by atoms with Crippen LogP contribution in [0.3, 0.4) is 0 Å². The molecule has 0 atom stereocenters. The van der Waals surface area contributed by atoms with Gasteiger partial charge in [-0.05, 0) is 12.8 Å². The van der Waals surface area contributed by atoms with E-state index in [-0.39, 0.29) is 18.0 Å². The highest BCUT2D eigenvalue weighted by Crippen LogP contribution is 2.11. The Labute approximate surface area is 94.5 Å². The van der Waals surface area contributed by atoms with Crippen LogP contribution in [0.1, 0.15) is 19.8 Å². The number of anilines is 1. The van der Waals surface area contributed by atoms with E-state index < -0.39 is 0 Å². The highest BCUT2D eigenvalue weighted by Gasteiger charge is 2.05. The lowest BCUT2D eigenvalue weighted by molar-refractivity contribution is 0.265. The van der Waals surface area contributed by atoms with Crippen LogP contribution in [0.15, 0.2) is 12.7 Å². The number of aromatic nitrogens is 3. The van der Waals surface area contributed by atoms with E-state index in [9.17, 15) is 0 Å². The zero-order valence-electron chi connectivity index (χ0n) is 9.35. The second-order valence-corrected chi connectivity index (χ2v) is 3.03. The van der Waals surface area contributed by atoms with Gasteiger partial charge in [-0.2, -0.15) is 9.97 Å². The molecule has 2 N–H and O–H groups in total. The van der Waals surface area contributed by atoms with Gasteiger partial charge < -0.3 is 15.2 Å². The fourth-order valence-corrected chi connectivity index (χ4v) is 0.909. The summed E-state index contributed by atoms with van der Waals surface area (Å²) < 4.78 is 10.5. The monoisotopic (exact) mass is 224 g/mol. The van der Waals surface area contributed by atoms with Crippen molar-refractivity contribution in [1.82, 2.24) is 15.0 Å². The molecular formula is C10H16N4O2. The van der Waals surface area contributed by atoms with E-state index in [1.165, 1.54) is 0 Å². The molecule has 0 aromatic carbocycles. The zero-order chi connectivity index (χ0) is 11.8. The molecule has 1 aromatic rings. The van der Waals surface area contributed by atoms with Crippen LogP contribution in [-0.4, -0.2) is 28.2 Å². The molecule has 0 aliphatic heterocycles. The maximum Gasteiger partial charge on any atom is 0.324 e. The SMILES string of the molecule is C=CCCOc1nc(N)nc(OCCC)n1. The van der Waals surface area contributed by atoms with Gasteiger partial charge >= 0.3 is 12.0 Å². The summed E-state index contributed by atoms with van der Waals surface area (Å²) in [6.07, 6.45) is 3.34. The molecule has 6 heteroatoms. The van der Waals surface area contributed by atoms with Crippen molar-refractivity contribution in [2.75, 3.05) is 18.9 Å². The van der Waals surface area contributed by atoms with Crippen LogP contribution in [0.5, 0.6) is 12.0 Å². The first-order chi connectivity index (χ1) is 7.76. The first-order valence-corrected chi connectivity index (χ1v) is 5.14. The Morgan fingerprint density at radius 1 is 1.19 bits per heavy atom. The van der Waals surface area contributed by atoms with E-state index in [2.05, 4.69) is 21.5 Å². The lowest BCUT2D eigenvalue weighted by Gasteiger charge is -2.06. The van der Waals surface area contributed by atoms with E-state index in [4.69, 9.17) is 15.2 Å². The Morgan fingerprint density at radius 3 is 2.38 bits per heavy atom. The van der Waals surface area contributed by atoms with Crippen molar-refractivity contribution in [2.24, 2.45) is 0 Å². The largest absolute Gasteiger partial charge is 0.463 e. The number of ether oxygens (including phenoxy) is 2. The number of hydrogen-bond acceptors (Lipinski definition) is 6. The average Bonchev–Trinajstić information content (AvgIpc) is 2.26. The lowest BCUT2D eigenvalue weighted by Crippen LogP contribution is -2.07. The van der Waals surface area contributed by atoms with Crippen molar-refractivity contribution in [2.45, 2.75) is 19.8 Å². The molecule has 0 saturated carbocycles. The van der Waals surface area contributed by atoms with Crippen LogP contribution in [0.4, 0.5) is 5.95 Å². The summed E-state index contributed by atoms with van der Waals surface area (Å²) in [5, 5.41) is 0. The minimum absolute atomic E-state index is 0.0923. The van der Waals surface area contributed by atoms with Crippen LogP contribution in [-0.2, 0) is 0 Å². The summed E-state index contributed by atoms with van der Waals surface area (Å²) in [4.78, 5) is 11.6. The quantitative estimate of drug-likeness (QED) is 0.553. The summed E-state index contributed by atoms with van der Waals surface area (Å²) in [5.74, 6) is 0.0923. The highest BCUT2D eigenvalue weighted by molar-refractivity contribution is 5.20. The number of nitrogens with zero attached hydrogens (tertiary/aromatic N) is 3. The van der Waals surface area contributed by atoms with Crippen molar-refractivity contribution in [1.29, 1.82) is 0 Å². The summed E-state index contributed by atoms with van der Waals surface area (Å²) in [6, 6.07) is 0.378. The lowest BCUT2D eigenvalue weighted by atomic mass is 10.5. The van der Waals surface area contributed by atoms with Gasteiger partial charge in [-0.15, -0.1) is 11.6 Å². The van der Waals surface area contributed by atoms with Gasteiger partial charge in [0, 0.05) is 0 Å². The van der Waals surface area contributed by atoms with Crippen molar-refractivity contribution in [3.63, 3.8) is 0 Å². The predicted octanol–water partition coefficient (Wildman–Crippen LogP) is 1.20. The van der Waals surface area contributed by atoms with Crippen molar-refractivity contribution in [3.8, 4) is 12.0 Å². The van der Waals surface area contributed by atoms with Gasteiger partial charge in [0.15, 0.2) is 0 Å². The highest BCUT2D eigenvalue weighted by atomic mass is 16.5. The molecule has 0 unspecified atom stereocenters. The molecule has 0 amide bonds. The average molecular weight is 224 g/mol. The zero-order valence-corrected chi connectivity index (χ0v) is 9.35. The summed E-state index contributed by atoms with van der Waals surface area (Å²) in [6.45, 7) is 6.57. The Morgan fingerprint density at radius 2 is 1.81 bits per heavy atom. The Kier molecular flexibility index (Phi) is 5.04. The van der Waals surface area contributed by atoms with E-state index in [0.29, 0.717) is 13.2 Å². The smallest absolute Gasteiger partial charge is 0.324 e. The molecule has 0 spiro atoms. The minimum atomic E-state index is 0.0923. The number of nitrogens with two attached hydrogens (primary N) is 1. The van der Waals surface area contributed by atoms with Crippen LogP contribution in [0, 0.1) is 0 Å². The molecule has 6 nitrogen and oxygen atoms in total. The van der Waals surface area contributed by atoms with Crippen molar-refractivity contribution in [3.05, 3.63) is 12.7 Å². The number of hydrogen-bond donors (Lipinski definition) is 1. The van der Waals surface area contributed by atoms with Crippen LogP contribution >= 0.6 is 0 Å². The van der Waals surface area contributed by atoms with Crippen LogP contribution < -0.4 is 15.2 Å². The Balaban J connectivity index is 2.61. The van der Waals surface area contributed by atoms with Gasteiger partial charge in [-0.1, -0.05) is 13.0 Å². The van der Waals surface area contributed by atoms with Gasteiger partial charge in [0.2, 0.25) is 5.95 Å². The maximum atomic E-state index is 5.49. The summed E-state index contributed by atoms with van der Waals surface area (Å²) in [5.41, 5.74) is 5.49. The Hall–Kier alpha value is -1.85. The molecular weight excluding hydrogens is 208 g/mol. The molecule has 0 saturated heterocycles.